The van der Waals surface area contributed by atoms with E-state index in [1.807, 2.05) is 23.1 Å². The maximum absolute atomic E-state index is 12.7. The van der Waals surface area contributed by atoms with Crippen LogP contribution in [0.15, 0.2) is 35.5 Å². The van der Waals surface area contributed by atoms with Crippen LogP contribution in [0.2, 0.25) is 0 Å². The van der Waals surface area contributed by atoms with Gasteiger partial charge in [-0.1, -0.05) is 30.8 Å². The molecule has 1 aliphatic heterocycles. The molecule has 1 fully saturated rings. The molecule has 3 rings (SSSR count). The molecule has 0 unspecified atom stereocenters. The molecule has 1 amide bonds. The molecule has 156 valence electrons. The smallest absolute Gasteiger partial charge is 0.254 e. The number of carbonyl (C=O) groups excluding carboxylic acids is 1. The Morgan fingerprint density at radius 2 is 1.90 bits per heavy atom. The van der Waals surface area contributed by atoms with Crippen LogP contribution in [0.3, 0.4) is 0 Å². The van der Waals surface area contributed by atoms with Gasteiger partial charge in [-0.2, -0.15) is 0 Å². The fourth-order valence-electron chi connectivity index (χ4n) is 3.31. The van der Waals surface area contributed by atoms with Crippen molar-refractivity contribution < 1.29 is 9.53 Å². The van der Waals surface area contributed by atoms with Crippen LogP contribution in [0.1, 0.15) is 42.4 Å². The molecule has 1 aromatic carbocycles. The van der Waals surface area contributed by atoms with Crippen LogP contribution in [0.25, 0.3) is 0 Å². The van der Waals surface area contributed by atoms with Crippen LogP contribution in [-0.2, 0) is 16.9 Å². The average Bonchev–Trinajstić information content (AvgIpc) is 2.78. The minimum atomic E-state index is 0.0770. The highest BCUT2D eigenvalue weighted by Gasteiger charge is 2.18. The Kier molecular flexibility index (Phi) is 7.89. The van der Waals surface area contributed by atoms with E-state index in [0.29, 0.717) is 26.3 Å². The van der Waals surface area contributed by atoms with E-state index in [2.05, 4.69) is 42.8 Å². The first-order valence-electron chi connectivity index (χ1n) is 10.4. The molecule has 0 atom stereocenters. The van der Waals surface area contributed by atoms with Crippen LogP contribution in [0.5, 0.6) is 0 Å². The average molecular weight is 415 g/mol. The molecule has 0 saturated carbocycles. The summed E-state index contributed by atoms with van der Waals surface area (Å²) in [5.41, 5.74) is 2.89. The maximum Gasteiger partial charge on any atom is 0.254 e. The van der Waals surface area contributed by atoms with Crippen LogP contribution >= 0.6 is 11.8 Å². The number of morpholine rings is 1. The lowest BCUT2D eigenvalue weighted by Crippen LogP contribution is -2.40. The molecule has 0 radical (unpaired) electrons. The number of hydrogen-bond acceptors (Lipinski definition) is 6. The largest absolute Gasteiger partial charge is 0.378 e. The van der Waals surface area contributed by atoms with E-state index in [1.54, 1.807) is 11.8 Å². The molecular formula is C22H30N4O2S. The summed E-state index contributed by atoms with van der Waals surface area (Å²) in [7, 11) is 0. The Bertz CT molecular complexity index is 820. The number of benzene rings is 1. The van der Waals surface area contributed by atoms with E-state index in [9.17, 15) is 4.79 Å². The summed E-state index contributed by atoms with van der Waals surface area (Å²) in [5, 5.41) is 0.788. The monoisotopic (exact) mass is 414 g/mol. The number of carbonyl (C=O) groups is 1. The summed E-state index contributed by atoms with van der Waals surface area (Å²) in [6.45, 7) is 10.8. The van der Waals surface area contributed by atoms with Crippen molar-refractivity contribution in [1.82, 2.24) is 14.9 Å². The predicted octanol–water partition coefficient (Wildman–Crippen LogP) is 3.65. The van der Waals surface area contributed by atoms with Gasteiger partial charge >= 0.3 is 0 Å². The van der Waals surface area contributed by atoms with Gasteiger partial charge in [-0.05, 0) is 38.0 Å². The van der Waals surface area contributed by atoms with Crippen LogP contribution < -0.4 is 4.90 Å². The van der Waals surface area contributed by atoms with Gasteiger partial charge in [0.15, 0.2) is 5.16 Å². The third-order valence-electron chi connectivity index (χ3n) is 5.03. The van der Waals surface area contributed by atoms with E-state index >= 15 is 0 Å². The minimum absolute atomic E-state index is 0.0770. The van der Waals surface area contributed by atoms with E-state index < -0.39 is 0 Å². The van der Waals surface area contributed by atoms with E-state index in [-0.39, 0.29) is 5.91 Å². The molecule has 1 aromatic heterocycles. The fraction of sp³-hybridized carbons (Fsp3) is 0.500. The van der Waals surface area contributed by atoms with E-state index in [1.165, 1.54) is 0 Å². The molecule has 1 saturated heterocycles. The van der Waals surface area contributed by atoms with Crippen molar-refractivity contribution in [1.29, 1.82) is 0 Å². The van der Waals surface area contributed by atoms with Gasteiger partial charge < -0.3 is 14.5 Å². The third-order valence-corrected chi connectivity index (χ3v) is 5.95. The Morgan fingerprint density at radius 3 is 2.59 bits per heavy atom. The Balaban J connectivity index is 1.71. The summed E-state index contributed by atoms with van der Waals surface area (Å²) in [6.07, 6.45) is 0.883. The second-order valence-electron chi connectivity index (χ2n) is 6.92. The molecular weight excluding hydrogens is 384 g/mol. The summed E-state index contributed by atoms with van der Waals surface area (Å²) >= 11 is 1.62. The zero-order valence-corrected chi connectivity index (χ0v) is 18.4. The number of thioether (sulfide) groups is 1. The van der Waals surface area contributed by atoms with Gasteiger partial charge in [-0.25, -0.2) is 9.97 Å². The molecule has 2 heterocycles. The summed E-state index contributed by atoms with van der Waals surface area (Å²) < 4.78 is 5.34. The zero-order chi connectivity index (χ0) is 20.6. The zero-order valence-electron chi connectivity index (χ0n) is 17.6. The van der Waals surface area contributed by atoms with Gasteiger partial charge in [0.2, 0.25) is 0 Å². The number of hydrogen-bond donors (Lipinski definition) is 0. The van der Waals surface area contributed by atoms with Crippen molar-refractivity contribution in [2.24, 2.45) is 0 Å². The topological polar surface area (TPSA) is 58.6 Å². The second kappa shape index (κ2) is 10.6. The maximum atomic E-state index is 12.7. The van der Waals surface area contributed by atoms with Gasteiger partial charge in [-0.3, -0.25) is 4.79 Å². The molecule has 2 aromatic rings. The molecule has 29 heavy (non-hydrogen) atoms. The predicted molar refractivity (Wildman–Crippen MR) is 118 cm³/mol. The van der Waals surface area contributed by atoms with Crippen molar-refractivity contribution in [3.8, 4) is 0 Å². The Labute approximate surface area is 177 Å². The summed E-state index contributed by atoms with van der Waals surface area (Å²) in [6, 6.07) is 9.96. The molecule has 1 aliphatic rings. The number of aromatic nitrogens is 2. The first-order chi connectivity index (χ1) is 14.1. The van der Waals surface area contributed by atoms with Crippen LogP contribution in [0, 0.1) is 0 Å². The fourth-order valence-corrected chi connectivity index (χ4v) is 4.12. The quantitative estimate of drug-likeness (QED) is 0.485. The lowest BCUT2D eigenvalue weighted by Gasteiger charge is -2.27. The highest BCUT2D eigenvalue weighted by molar-refractivity contribution is 7.98. The van der Waals surface area contributed by atoms with Gasteiger partial charge in [0.05, 0.1) is 13.2 Å². The van der Waals surface area contributed by atoms with Gasteiger partial charge in [0.25, 0.3) is 5.91 Å². The third kappa shape index (κ3) is 5.70. The minimum Gasteiger partial charge on any atom is -0.378 e. The molecule has 0 spiro atoms. The summed E-state index contributed by atoms with van der Waals surface area (Å²) in [5.74, 6) is 1.79. The number of nitrogens with zero attached hydrogens (tertiary/aromatic N) is 4. The molecule has 0 N–H and O–H groups in total. The molecule has 7 heteroatoms. The Morgan fingerprint density at radius 1 is 1.14 bits per heavy atom. The lowest BCUT2D eigenvalue weighted by molar-refractivity contribution is 0.0303. The number of ether oxygens (including phenoxy) is 1. The number of amides is 1. The molecule has 0 bridgehead atoms. The number of aryl methyl sites for hydroxylation is 1. The van der Waals surface area contributed by atoms with E-state index in [4.69, 9.17) is 9.72 Å². The lowest BCUT2D eigenvalue weighted by atomic mass is 10.1. The first kappa shape index (κ1) is 21.6. The van der Waals surface area contributed by atoms with E-state index in [0.717, 1.165) is 53.1 Å². The SMILES string of the molecule is CCc1cc(N(CC)CC)nc(SCc2cccc(C(=O)N3CCOCC3)c2)n1. The second-order valence-corrected chi connectivity index (χ2v) is 7.86. The number of rotatable bonds is 8. The highest BCUT2D eigenvalue weighted by atomic mass is 32.2. The molecule has 0 aliphatic carbocycles. The standard InChI is InChI=1S/C22H30N4O2S/c1-4-19-15-20(25(5-2)6-3)24-22(23-19)29-16-17-8-7-9-18(14-17)21(27)26-10-12-28-13-11-26/h7-9,14-15H,4-6,10-13,16H2,1-3H3. The van der Waals surface area contributed by atoms with Crippen molar-refractivity contribution >= 4 is 23.5 Å². The van der Waals surface area contributed by atoms with Crippen molar-refractivity contribution in [3.05, 3.63) is 47.2 Å². The molecule has 6 nitrogen and oxygen atoms in total. The number of anilines is 1. The van der Waals surface area contributed by atoms with Crippen LogP contribution in [-0.4, -0.2) is 60.2 Å². The normalized spacial score (nSPS) is 14.1. The Hall–Kier alpha value is -2.12. The van der Waals surface area contributed by atoms with Crippen LogP contribution in [0.4, 0.5) is 5.82 Å². The highest BCUT2D eigenvalue weighted by Crippen LogP contribution is 2.24. The van der Waals surface area contributed by atoms with Gasteiger partial charge in [0, 0.05) is 49.3 Å². The van der Waals surface area contributed by atoms with Crippen molar-refractivity contribution in [2.45, 2.75) is 38.1 Å². The van der Waals surface area contributed by atoms with Gasteiger partial charge in [-0.15, -0.1) is 0 Å². The van der Waals surface area contributed by atoms with Crippen molar-refractivity contribution in [2.75, 3.05) is 44.3 Å². The van der Waals surface area contributed by atoms with Gasteiger partial charge in [0.1, 0.15) is 5.82 Å². The first-order valence-corrected chi connectivity index (χ1v) is 11.3. The van der Waals surface area contributed by atoms with Crippen molar-refractivity contribution in [3.63, 3.8) is 0 Å². The summed E-state index contributed by atoms with van der Waals surface area (Å²) in [4.78, 5) is 26.3.